The molecule has 0 bridgehead atoms. The Morgan fingerprint density at radius 1 is 1.24 bits per heavy atom. The van der Waals surface area contributed by atoms with Crippen LogP contribution in [-0.2, 0) is 9.59 Å². The van der Waals surface area contributed by atoms with Crippen molar-refractivity contribution in [2.24, 2.45) is 0 Å². The van der Waals surface area contributed by atoms with Gasteiger partial charge in [-0.25, -0.2) is 0 Å². The fourth-order valence-corrected chi connectivity index (χ4v) is 2.75. The fraction of sp³-hybridized carbons (Fsp3) is 0.846. The number of fused-ring (bicyclic) bond motifs is 1. The number of nitrogens with zero attached hydrogens (tertiary/aromatic N) is 2. The Bertz CT molecular complexity index is 304. The predicted octanol–water partition coefficient (Wildman–Crippen LogP) is 1.40. The Kier molecular flexibility index (Phi) is 4.02. The molecule has 4 heteroatoms. The summed E-state index contributed by atoms with van der Waals surface area (Å²) in [5.74, 6) is 0.353. The van der Waals surface area contributed by atoms with E-state index in [1.54, 1.807) is 0 Å². The highest BCUT2D eigenvalue weighted by Gasteiger charge is 2.37. The number of hydrogen-bond donors (Lipinski definition) is 0. The molecular formula is C13H22N2O2. The topological polar surface area (TPSA) is 40.6 Å². The highest BCUT2D eigenvalue weighted by molar-refractivity contribution is 5.90. The van der Waals surface area contributed by atoms with Gasteiger partial charge in [-0.3, -0.25) is 9.59 Å². The van der Waals surface area contributed by atoms with Crippen molar-refractivity contribution in [1.82, 2.24) is 9.80 Å². The van der Waals surface area contributed by atoms with Gasteiger partial charge in [0, 0.05) is 26.1 Å². The summed E-state index contributed by atoms with van der Waals surface area (Å²) in [6.45, 7) is 4.33. The molecule has 0 radical (unpaired) electrons. The van der Waals surface area contributed by atoms with Gasteiger partial charge in [0.05, 0.1) is 0 Å². The number of amides is 2. The van der Waals surface area contributed by atoms with Crippen LogP contribution in [0.25, 0.3) is 0 Å². The number of carbonyl (C=O) groups is 2. The van der Waals surface area contributed by atoms with Gasteiger partial charge in [0.25, 0.3) is 0 Å². The lowest BCUT2D eigenvalue weighted by molar-refractivity contribution is -0.143. The normalized spacial score (nSPS) is 25.8. The molecule has 2 fully saturated rings. The molecule has 17 heavy (non-hydrogen) atoms. The van der Waals surface area contributed by atoms with Gasteiger partial charge in [0.1, 0.15) is 6.04 Å². The Morgan fingerprint density at radius 2 is 2.06 bits per heavy atom. The number of carbonyl (C=O) groups excluding carboxylic acids is 2. The average molecular weight is 238 g/mol. The monoisotopic (exact) mass is 238 g/mol. The molecule has 0 spiro atoms. The SMILES string of the molecule is CCCCN1CCC(=O)N2CCCCC2C1=O. The molecule has 0 saturated carbocycles. The maximum atomic E-state index is 12.4. The van der Waals surface area contributed by atoms with E-state index in [2.05, 4.69) is 6.92 Å². The highest BCUT2D eigenvalue weighted by atomic mass is 16.2. The first-order chi connectivity index (χ1) is 8.24. The highest BCUT2D eigenvalue weighted by Crippen LogP contribution is 2.22. The van der Waals surface area contributed by atoms with E-state index in [0.29, 0.717) is 13.0 Å². The van der Waals surface area contributed by atoms with Crippen molar-refractivity contribution in [3.05, 3.63) is 0 Å². The van der Waals surface area contributed by atoms with Crippen LogP contribution in [0.1, 0.15) is 45.4 Å². The van der Waals surface area contributed by atoms with E-state index >= 15 is 0 Å². The molecule has 2 rings (SSSR count). The van der Waals surface area contributed by atoms with Crippen molar-refractivity contribution >= 4 is 11.8 Å². The number of hydrogen-bond acceptors (Lipinski definition) is 2. The van der Waals surface area contributed by atoms with Crippen molar-refractivity contribution in [3.63, 3.8) is 0 Å². The average Bonchev–Trinajstić information content (AvgIpc) is 2.48. The van der Waals surface area contributed by atoms with Crippen LogP contribution < -0.4 is 0 Å². The maximum absolute atomic E-state index is 12.4. The molecular weight excluding hydrogens is 216 g/mol. The molecule has 0 aromatic rings. The minimum Gasteiger partial charge on any atom is -0.340 e. The van der Waals surface area contributed by atoms with Gasteiger partial charge in [-0.1, -0.05) is 13.3 Å². The first-order valence-electron chi connectivity index (χ1n) is 6.82. The minimum atomic E-state index is -0.157. The van der Waals surface area contributed by atoms with E-state index in [4.69, 9.17) is 0 Å². The third-order valence-electron chi connectivity index (χ3n) is 3.80. The van der Waals surface area contributed by atoms with Gasteiger partial charge >= 0.3 is 0 Å². The van der Waals surface area contributed by atoms with Gasteiger partial charge in [-0.15, -0.1) is 0 Å². The summed E-state index contributed by atoms with van der Waals surface area (Å²) in [4.78, 5) is 28.0. The van der Waals surface area contributed by atoms with Gasteiger partial charge in [0.15, 0.2) is 0 Å². The Balaban J connectivity index is 2.08. The molecule has 1 atom stereocenters. The predicted molar refractivity (Wildman–Crippen MR) is 65.5 cm³/mol. The zero-order valence-corrected chi connectivity index (χ0v) is 10.7. The molecule has 2 saturated heterocycles. The molecule has 2 aliphatic rings. The summed E-state index contributed by atoms with van der Waals surface area (Å²) in [5, 5.41) is 0. The lowest BCUT2D eigenvalue weighted by Crippen LogP contribution is -2.49. The fourth-order valence-electron chi connectivity index (χ4n) is 2.75. The van der Waals surface area contributed by atoms with E-state index in [-0.39, 0.29) is 17.9 Å². The van der Waals surface area contributed by atoms with E-state index in [1.165, 1.54) is 0 Å². The Morgan fingerprint density at radius 3 is 2.82 bits per heavy atom. The largest absolute Gasteiger partial charge is 0.340 e. The molecule has 96 valence electrons. The molecule has 0 N–H and O–H groups in total. The van der Waals surface area contributed by atoms with Crippen LogP contribution >= 0.6 is 0 Å². The Hall–Kier alpha value is -1.06. The van der Waals surface area contributed by atoms with Gasteiger partial charge in [0.2, 0.25) is 11.8 Å². The smallest absolute Gasteiger partial charge is 0.245 e. The van der Waals surface area contributed by atoms with E-state index in [1.807, 2.05) is 9.80 Å². The second-order valence-corrected chi connectivity index (χ2v) is 5.03. The van der Waals surface area contributed by atoms with Crippen LogP contribution in [0.4, 0.5) is 0 Å². The van der Waals surface area contributed by atoms with Gasteiger partial charge < -0.3 is 9.80 Å². The second kappa shape index (κ2) is 5.52. The second-order valence-electron chi connectivity index (χ2n) is 5.03. The maximum Gasteiger partial charge on any atom is 0.245 e. The molecule has 2 amide bonds. The molecule has 2 aliphatic heterocycles. The zero-order chi connectivity index (χ0) is 12.3. The van der Waals surface area contributed by atoms with E-state index < -0.39 is 0 Å². The standard InChI is InChI=1S/C13H22N2O2/c1-2-3-8-14-10-7-12(16)15-9-5-4-6-11(15)13(14)17/h11H,2-10H2,1H3. The molecule has 1 unspecified atom stereocenters. The number of unbranched alkanes of at least 4 members (excludes halogenated alkanes) is 1. The van der Waals surface area contributed by atoms with Crippen molar-refractivity contribution < 1.29 is 9.59 Å². The summed E-state index contributed by atoms with van der Waals surface area (Å²) >= 11 is 0. The lowest BCUT2D eigenvalue weighted by atomic mass is 10.0. The number of piperidine rings is 1. The molecule has 0 aromatic heterocycles. The molecule has 0 aliphatic carbocycles. The van der Waals surface area contributed by atoms with Gasteiger partial charge in [-0.05, 0) is 25.7 Å². The van der Waals surface area contributed by atoms with Crippen molar-refractivity contribution in [3.8, 4) is 0 Å². The van der Waals surface area contributed by atoms with Crippen molar-refractivity contribution in [2.75, 3.05) is 19.6 Å². The van der Waals surface area contributed by atoms with Crippen LogP contribution in [-0.4, -0.2) is 47.3 Å². The lowest BCUT2D eigenvalue weighted by Gasteiger charge is -2.34. The van der Waals surface area contributed by atoms with Gasteiger partial charge in [-0.2, -0.15) is 0 Å². The van der Waals surface area contributed by atoms with Crippen LogP contribution in [0, 0.1) is 0 Å². The minimum absolute atomic E-state index is 0.157. The van der Waals surface area contributed by atoms with Crippen molar-refractivity contribution in [1.29, 1.82) is 0 Å². The quantitative estimate of drug-likeness (QED) is 0.745. The van der Waals surface area contributed by atoms with Crippen LogP contribution in [0.3, 0.4) is 0 Å². The van der Waals surface area contributed by atoms with E-state index in [9.17, 15) is 9.59 Å². The summed E-state index contributed by atoms with van der Waals surface area (Å²) in [6, 6.07) is -0.157. The third-order valence-corrected chi connectivity index (χ3v) is 3.80. The van der Waals surface area contributed by atoms with Crippen LogP contribution in [0.5, 0.6) is 0 Å². The van der Waals surface area contributed by atoms with Crippen LogP contribution in [0.15, 0.2) is 0 Å². The first-order valence-corrected chi connectivity index (χ1v) is 6.82. The number of rotatable bonds is 3. The first kappa shape index (κ1) is 12.4. The molecule has 0 aromatic carbocycles. The molecule has 2 heterocycles. The summed E-state index contributed by atoms with van der Waals surface area (Å²) in [7, 11) is 0. The summed E-state index contributed by atoms with van der Waals surface area (Å²) in [6.07, 6.45) is 5.60. The molecule has 4 nitrogen and oxygen atoms in total. The third kappa shape index (κ3) is 2.61. The summed E-state index contributed by atoms with van der Waals surface area (Å²) in [5.41, 5.74) is 0. The zero-order valence-electron chi connectivity index (χ0n) is 10.7. The Labute approximate surface area is 103 Å². The summed E-state index contributed by atoms with van der Waals surface area (Å²) < 4.78 is 0. The van der Waals surface area contributed by atoms with E-state index in [0.717, 1.165) is 45.2 Å². The van der Waals surface area contributed by atoms with Crippen LogP contribution in [0.2, 0.25) is 0 Å². The van der Waals surface area contributed by atoms with Crippen molar-refractivity contribution in [2.45, 2.75) is 51.5 Å².